The van der Waals surface area contributed by atoms with Crippen LogP contribution < -0.4 is 0 Å². The first-order chi connectivity index (χ1) is 23.8. The molecule has 0 aromatic heterocycles. The number of esters is 4. The van der Waals surface area contributed by atoms with Crippen molar-refractivity contribution in [1.29, 1.82) is 0 Å². The predicted molar refractivity (Wildman–Crippen MR) is 187 cm³/mol. The summed E-state index contributed by atoms with van der Waals surface area (Å²) in [5.74, 6) is -2.55. The summed E-state index contributed by atoms with van der Waals surface area (Å²) < 4.78 is 23.4. The highest BCUT2D eigenvalue weighted by molar-refractivity contribution is 8.00. The maximum Gasteiger partial charge on any atom is 0.338 e. The van der Waals surface area contributed by atoms with Crippen LogP contribution in [0.1, 0.15) is 38.0 Å². The van der Waals surface area contributed by atoms with E-state index in [4.69, 9.17) is 18.9 Å². The lowest BCUT2D eigenvalue weighted by atomic mass is 10.1. The van der Waals surface area contributed by atoms with E-state index in [1.54, 1.807) is 36.4 Å². The molecule has 244 valence electrons. The first kappa shape index (κ1) is 31.9. The lowest BCUT2D eigenvalue weighted by molar-refractivity contribution is -0.148. The van der Waals surface area contributed by atoms with Crippen molar-refractivity contribution in [2.45, 2.75) is 29.8 Å². The minimum Gasteiger partial charge on any atom is -0.461 e. The van der Waals surface area contributed by atoms with Crippen LogP contribution in [0, 0.1) is 0 Å². The molecule has 1 aliphatic heterocycles. The molecule has 6 aromatic carbocycles. The Hall–Kier alpha value is -5.67. The summed E-state index contributed by atoms with van der Waals surface area (Å²) in [4.78, 5) is 52.7. The topological polar surface area (TPSA) is 105 Å². The lowest BCUT2D eigenvalue weighted by Gasteiger charge is -2.25. The van der Waals surface area contributed by atoms with Crippen LogP contribution in [-0.4, -0.2) is 53.4 Å². The molecule has 8 nitrogen and oxygen atoms in total. The minimum atomic E-state index is -1.21. The lowest BCUT2D eigenvalue weighted by Crippen LogP contribution is -2.42. The van der Waals surface area contributed by atoms with Crippen LogP contribution in [0.2, 0.25) is 0 Å². The number of ether oxygens (including phenoxy) is 4. The molecule has 0 saturated carbocycles. The summed E-state index contributed by atoms with van der Waals surface area (Å²) in [5.41, 5.74) is -0.134. The molecule has 7 rings (SSSR count). The number of carbonyl (C=O) groups excluding carboxylic acids is 4. The molecule has 1 aliphatic rings. The van der Waals surface area contributed by atoms with Crippen molar-refractivity contribution < 1.29 is 38.1 Å². The molecular weight excluding hydrogens is 640 g/mol. The van der Waals surface area contributed by atoms with Crippen LogP contribution in [0.5, 0.6) is 0 Å². The Morgan fingerprint density at radius 2 is 0.918 bits per heavy atom. The second-order valence-corrected chi connectivity index (χ2v) is 13.0. The molecule has 6 aromatic rings. The summed E-state index contributed by atoms with van der Waals surface area (Å²) in [7, 11) is 0. The second-order valence-electron chi connectivity index (χ2n) is 11.7. The zero-order chi connectivity index (χ0) is 33.9. The van der Waals surface area contributed by atoms with Gasteiger partial charge >= 0.3 is 23.9 Å². The van der Waals surface area contributed by atoms with E-state index in [0.29, 0.717) is 5.56 Å². The Balaban J connectivity index is 1.17. The number of hydrogen-bond donors (Lipinski definition) is 0. The molecule has 1 heterocycles. The molecule has 1 unspecified atom stereocenters. The standard InChI is InChI=1S/C40H30O8S/c1-24(41)46-40-36(48-39(44)33-19-16-27-10-4-7-13-30(27)22-33)35(47-38(43)32-18-15-26-9-3-6-12-29(26)21-32)34(49-40)23-45-37(42)31-17-14-25-8-2-5-11-28(25)20-31/h2-22,34-36,40H,23H2,1H3/t34-,35-,36-,40?/m0/s1. The largest absolute Gasteiger partial charge is 0.461 e. The highest BCUT2D eigenvalue weighted by Gasteiger charge is 2.51. The molecule has 9 heteroatoms. The number of hydrogen-bond acceptors (Lipinski definition) is 9. The Kier molecular flexibility index (Phi) is 9.00. The van der Waals surface area contributed by atoms with E-state index < -0.39 is 46.8 Å². The van der Waals surface area contributed by atoms with Crippen molar-refractivity contribution >= 4 is 68.0 Å². The summed E-state index contributed by atoms with van der Waals surface area (Å²) in [6.07, 6.45) is -2.34. The highest BCUT2D eigenvalue weighted by Crippen LogP contribution is 2.40. The SMILES string of the molecule is CC(=O)OC1S[C@@H](COC(=O)c2ccc3ccccc3c2)[C@H](OC(=O)c2ccc3ccccc3c2)[C@@H]1OC(=O)c1ccc2ccccc2c1. The molecule has 0 amide bonds. The third-order valence-electron chi connectivity index (χ3n) is 8.37. The van der Waals surface area contributed by atoms with Crippen LogP contribution in [0.4, 0.5) is 0 Å². The first-order valence-corrected chi connectivity index (χ1v) is 16.6. The fourth-order valence-electron chi connectivity index (χ4n) is 5.92. The van der Waals surface area contributed by atoms with Gasteiger partial charge in [-0.3, -0.25) is 4.79 Å². The van der Waals surface area contributed by atoms with Gasteiger partial charge in [-0.25, -0.2) is 14.4 Å². The van der Waals surface area contributed by atoms with Gasteiger partial charge in [0.1, 0.15) is 6.61 Å². The third-order valence-corrected chi connectivity index (χ3v) is 9.76. The van der Waals surface area contributed by atoms with Crippen LogP contribution in [0.15, 0.2) is 127 Å². The first-order valence-electron chi connectivity index (χ1n) is 15.7. The van der Waals surface area contributed by atoms with Gasteiger partial charge in [-0.1, -0.05) is 91.0 Å². The summed E-state index contributed by atoms with van der Waals surface area (Å²) in [6.45, 7) is 1.03. The Morgan fingerprint density at radius 3 is 1.37 bits per heavy atom. The van der Waals surface area contributed by atoms with E-state index in [-0.39, 0.29) is 17.7 Å². The van der Waals surface area contributed by atoms with Crippen LogP contribution in [-0.2, 0) is 23.7 Å². The van der Waals surface area contributed by atoms with E-state index in [9.17, 15) is 19.2 Å². The van der Waals surface area contributed by atoms with Gasteiger partial charge in [0, 0.05) is 6.92 Å². The molecule has 1 fully saturated rings. The van der Waals surface area contributed by atoms with E-state index in [1.165, 1.54) is 6.92 Å². The fourth-order valence-corrected chi connectivity index (χ4v) is 7.34. The predicted octanol–water partition coefficient (Wildman–Crippen LogP) is 7.76. The zero-order valence-electron chi connectivity index (χ0n) is 26.3. The zero-order valence-corrected chi connectivity index (χ0v) is 27.1. The fraction of sp³-hybridized carbons (Fsp3) is 0.150. The smallest absolute Gasteiger partial charge is 0.338 e. The number of rotatable bonds is 8. The quantitative estimate of drug-likeness (QED) is 0.119. The van der Waals surface area contributed by atoms with Crippen molar-refractivity contribution in [1.82, 2.24) is 0 Å². The number of carbonyl (C=O) groups is 4. The normalized spacial score (nSPS) is 18.6. The highest BCUT2D eigenvalue weighted by atomic mass is 32.2. The van der Waals surface area contributed by atoms with Crippen molar-refractivity contribution in [2.24, 2.45) is 0 Å². The molecule has 49 heavy (non-hydrogen) atoms. The molecule has 1 saturated heterocycles. The molecule has 0 spiro atoms. The van der Waals surface area contributed by atoms with Gasteiger partial charge in [0.25, 0.3) is 0 Å². The van der Waals surface area contributed by atoms with Crippen molar-refractivity contribution in [3.05, 3.63) is 144 Å². The summed E-state index contributed by atoms with van der Waals surface area (Å²) in [5, 5.41) is 4.70. The number of benzene rings is 6. The molecule has 0 radical (unpaired) electrons. The Morgan fingerprint density at radius 1 is 0.510 bits per heavy atom. The maximum absolute atomic E-state index is 13.7. The molecule has 0 aliphatic carbocycles. The average Bonchev–Trinajstić information content (AvgIpc) is 3.43. The molecule has 4 atom stereocenters. The van der Waals surface area contributed by atoms with Gasteiger partial charge in [0.15, 0.2) is 17.6 Å². The van der Waals surface area contributed by atoms with E-state index >= 15 is 0 Å². The van der Waals surface area contributed by atoms with Gasteiger partial charge in [-0.05, 0) is 68.7 Å². The van der Waals surface area contributed by atoms with E-state index in [1.807, 2.05) is 91.0 Å². The van der Waals surface area contributed by atoms with Crippen LogP contribution in [0.25, 0.3) is 32.3 Å². The summed E-state index contributed by atoms with van der Waals surface area (Å²) >= 11 is 1.10. The second kappa shape index (κ2) is 13.8. The number of fused-ring (bicyclic) bond motifs is 3. The van der Waals surface area contributed by atoms with Crippen LogP contribution >= 0.6 is 11.8 Å². The third kappa shape index (κ3) is 6.98. The minimum absolute atomic E-state index is 0.215. The van der Waals surface area contributed by atoms with Crippen molar-refractivity contribution in [3.63, 3.8) is 0 Å². The van der Waals surface area contributed by atoms with Gasteiger partial charge in [-0.2, -0.15) is 0 Å². The van der Waals surface area contributed by atoms with Crippen molar-refractivity contribution in [3.8, 4) is 0 Å². The van der Waals surface area contributed by atoms with E-state index in [2.05, 4.69) is 0 Å². The summed E-state index contributed by atoms with van der Waals surface area (Å²) in [6, 6.07) is 38.4. The molecule has 0 bridgehead atoms. The maximum atomic E-state index is 13.7. The van der Waals surface area contributed by atoms with Crippen LogP contribution in [0.3, 0.4) is 0 Å². The van der Waals surface area contributed by atoms with Gasteiger partial charge in [0.05, 0.1) is 21.9 Å². The van der Waals surface area contributed by atoms with Crippen molar-refractivity contribution in [2.75, 3.05) is 6.61 Å². The average molecular weight is 671 g/mol. The van der Waals surface area contributed by atoms with E-state index in [0.717, 1.165) is 44.1 Å². The molecular formula is C40H30O8S. The Bertz CT molecular complexity index is 2230. The number of thioether (sulfide) groups is 1. The van der Waals surface area contributed by atoms with Gasteiger partial charge < -0.3 is 18.9 Å². The monoisotopic (exact) mass is 670 g/mol. The molecule has 0 N–H and O–H groups in total. The Labute approximate surface area is 285 Å². The van der Waals surface area contributed by atoms with Gasteiger partial charge in [0.2, 0.25) is 0 Å². The van der Waals surface area contributed by atoms with Gasteiger partial charge in [-0.15, -0.1) is 11.8 Å².